The smallest absolute Gasteiger partial charge is 0.179 e. The Hall–Kier alpha value is -5.64. The van der Waals surface area contributed by atoms with Crippen LogP contribution in [0.1, 0.15) is 0 Å². The monoisotopic (exact) mass is 589 g/mol. The molecule has 0 atom stereocenters. The molecule has 210 valence electrons. The van der Waals surface area contributed by atoms with Crippen molar-refractivity contribution in [1.29, 1.82) is 0 Å². The number of furan rings is 1. The van der Waals surface area contributed by atoms with E-state index in [9.17, 15) is 0 Å². The summed E-state index contributed by atoms with van der Waals surface area (Å²) in [7, 11) is -2.74. The molecule has 0 N–H and O–H groups in total. The molecule has 10 rings (SSSR count). The van der Waals surface area contributed by atoms with E-state index in [4.69, 9.17) is 4.42 Å². The maximum absolute atomic E-state index is 6.41. The van der Waals surface area contributed by atoms with Crippen LogP contribution in [0.15, 0.2) is 168 Å². The molecule has 0 aliphatic heterocycles. The van der Waals surface area contributed by atoms with Crippen molar-refractivity contribution < 1.29 is 4.42 Å². The molecule has 0 unspecified atom stereocenters. The molecular weight excluding hydrogens is 563 g/mol. The third-order valence-corrected chi connectivity index (χ3v) is 14.6. The highest BCUT2D eigenvalue weighted by molar-refractivity contribution is 7.20. The van der Waals surface area contributed by atoms with Crippen molar-refractivity contribution in [3.05, 3.63) is 164 Å². The molecule has 3 heterocycles. The first-order valence-electron chi connectivity index (χ1n) is 15.5. The SMILES string of the molecule is c1ccc([Si](c2ccccc2)(c2ccccc2)c2cc3c4ccccc4n4c5cc6oc7ccccc7c6cc5c(c2)c34)cc1. The normalized spacial score (nSPS) is 12.4. The van der Waals surface area contributed by atoms with E-state index in [-0.39, 0.29) is 0 Å². The molecule has 0 saturated carbocycles. The van der Waals surface area contributed by atoms with Gasteiger partial charge in [-0.3, -0.25) is 0 Å². The summed E-state index contributed by atoms with van der Waals surface area (Å²) in [5.74, 6) is 0. The Morgan fingerprint density at radius 2 is 0.889 bits per heavy atom. The van der Waals surface area contributed by atoms with E-state index in [0.717, 1.165) is 21.9 Å². The summed E-state index contributed by atoms with van der Waals surface area (Å²) >= 11 is 0. The van der Waals surface area contributed by atoms with E-state index < -0.39 is 8.07 Å². The van der Waals surface area contributed by atoms with Gasteiger partial charge in [0.2, 0.25) is 0 Å². The fraction of sp³-hybridized carbons (Fsp3) is 0. The highest BCUT2D eigenvalue weighted by atomic mass is 28.3. The van der Waals surface area contributed by atoms with E-state index in [1.54, 1.807) is 0 Å². The standard InChI is InChI=1S/C42H27NOSi/c1-4-14-28(15-5-1)45(29-16-6-2-7-17-29,30-18-8-3-9-19-30)31-24-36-32-20-10-12-22-38(32)43-39-27-41-35(26-34(39)37(25-31)42(36)43)33-21-11-13-23-40(33)44-41/h1-27H. The van der Waals surface area contributed by atoms with Gasteiger partial charge < -0.3 is 8.82 Å². The summed E-state index contributed by atoms with van der Waals surface area (Å²) in [4.78, 5) is 0. The Balaban J connectivity index is 1.43. The molecule has 0 radical (unpaired) electrons. The Kier molecular flexibility index (Phi) is 5.05. The Morgan fingerprint density at radius 1 is 0.356 bits per heavy atom. The van der Waals surface area contributed by atoms with Gasteiger partial charge in [0.1, 0.15) is 11.2 Å². The van der Waals surface area contributed by atoms with Crippen LogP contribution >= 0.6 is 0 Å². The lowest BCUT2D eigenvalue weighted by molar-refractivity contribution is 0.669. The molecule has 0 aliphatic carbocycles. The Morgan fingerprint density at radius 3 is 1.53 bits per heavy atom. The van der Waals surface area contributed by atoms with Crippen LogP contribution in [0.25, 0.3) is 60.0 Å². The molecule has 10 aromatic rings. The number of aromatic nitrogens is 1. The van der Waals surface area contributed by atoms with Crippen molar-refractivity contribution in [2.75, 3.05) is 0 Å². The Bertz CT molecular complexity index is 2590. The molecule has 0 spiro atoms. The number of benzene rings is 7. The minimum atomic E-state index is -2.74. The minimum Gasteiger partial charge on any atom is -0.456 e. The average Bonchev–Trinajstić information content (AvgIpc) is 3.75. The van der Waals surface area contributed by atoms with Gasteiger partial charge in [-0.1, -0.05) is 140 Å². The number of fused-ring (bicyclic) bond motifs is 9. The van der Waals surface area contributed by atoms with Gasteiger partial charge in [-0.2, -0.15) is 0 Å². The van der Waals surface area contributed by atoms with Gasteiger partial charge in [-0.25, -0.2) is 0 Å². The molecule has 3 heteroatoms. The molecule has 0 bridgehead atoms. The number of para-hydroxylation sites is 2. The molecule has 0 aliphatic rings. The van der Waals surface area contributed by atoms with Crippen LogP contribution in [0, 0.1) is 0 Å². The molecule has 3 aromatic heterocycles. The largest absolute Gasteiger partial charge is 0.456 e. The first kappa shape index (κ1) is 24.8. The van der Waals surface area contributed by atoms with Crippen LogP contribution in [0.2, 0.25) is 0 Å². The van der Waals surface area contributed by atoms with E-state index >= 15 is 0 Å². The highest BCUT2D eigenvalue weighted by Crippen LogP contribution is 2.41. The lowest BCUT2D eigenvalue weighted by atomic mass is 10.1. The van der Waals surface area contributed by atoms with Crippen molar-refractivity contribution >= 4 is 88.9 Å². The maximum atomic E-state index is 6.41. The van der Waals surface area contributed by atoms with Gasteiger partial charge in [-0.15, -0.1) is 0 Å². The summed E-state index contributed by atoms with van der Waals surface area (Å²) in [6.45, 7) is 0. The highest BCUT2D eigenvalue weighted by Gasteiger charge is 2.42. The first-order chi connectivity index (χ1) is 22.3. The predicted octanol–water partition coefficient (Wildman–Crippen LogP) is 8.11. The van der Waals surface area contributed by atoms with Gasteiger partial charge >= 0.3 is 0 Å². The van der Waals surface area contributed by atoms with Crippen LogP contribution in [-0.4, -0.2) is 12.5 Å². The van der Waals surface area contributed by atoms with Crippen LogP contribution in [0.4, 0.5) is 0 Å². The van der Waals surface area contributed by atoms with Crippen molar-refractivity contribution in [3.8, 4) is 0 Å². The molecule has 2 nitrogen and oxygen atoms in total. The molecule has 45 heavy (non-hydrogen) atoms. The van der Waals surface area contributed by atoms with E-state index in [2.05, 4.69) is 162 Å². The maximum Gasteiger partial charge on any atom is 0.179 e. The fourth-order valence-electron chi connectivity index (χ4n) is 8.00. The third-order valence-electron chi connectivity index (χ3n) is 9.85. The summed E-state index contributed by atoms with van der Waals surface area (Å²) in [6.07, 6.45) is 0. The molecular formula is C42H27NOSi. The Labute approximate surface area is 260 Å². The molecule has 0 saturated heterocycles. The number of rotatable bonds is 4. The van der Waals surface area contributed by atoms with Crippen LogP contribution in [0.5, 0.6) is 0 Å². The van der Waals surface area contributed by atoms with E-state index in [1.165, 1.54) is 58.8 Å². The minimum absolute atomic E-state index is 0.926. The van der Waals surface area contributed by atoms with Crippen LogP contribution in [0.3, 0.4) is 0 Å². The van der Waals surface area contributed by atoms with Crippen molar-refractivity contribution in [1.82, 2.24) is 4.40 Å². The summed E-state index contributed by atoms with van der Waals surface area (Å²) < 4.78 is 8.87. The van der Waals surface area contributed by atoms with Gasteiger partial charge in [0.15, 0.2) is 8.07 Å². The van der Waals surface area contributed by atoms with Gasteiger partial charge in [0.25, 0.3) is 0 Å². The predicted molar refractivity (Wildman–Crippen MR) is 192 cm³/mol. The number of hydrogen-bond acceptors (Lipinski definition) is 1. The number of hydrogen-bond donors (Lipinski definition) is 0. The van der Waals surface area contributed by atoms with Crippen molar-refractivity contribution in [2.24, 2.45) is 0 Å². The lowest BCUT2D eigenvalue weighted by Crippen LogP contribution is -2.74. The zero-order valence-corrected chi connectivity index (χ0v) is 25.4. The second kappa shape index (κ2) is 9.18. The second-order valence-corrected chi connectivity index (χ2v) is 15.9. The van der Waals surface area contributed by atoms with Crippen molar-refractivity contribution in [2.45, 2.75) is 0 Å². The van der Waals surface area contributed by atoms with Gasteiger partial charge in [0, 0.05) is 38.4 Å². The van der Waals surface area contributed by atoms with Gasteiger partial charge in [-0.05, 0) is 38.9 Å². The zero-order chi connectivity index (χ0) is 29.5. The third kappa shape index (κ3) is 3.28. The zero-order valence-electron chi connectivity index (χ0n) is 24.4. The quantitative estimate of drug-likeness (QED) is 0.150. The topological polar surface area (TPSA) is 17.6 Å². The molecule has 7 aromatic carbocycles. The second-order valence-electron chi connectivity index (χ2n) is 12.1. The average molecular weight is 590 g/mol. The molecule has 0 amide bonds. The summed E-state index contributed by atoms with van der Waals surface area (Å²) in [6, 6.07) is 60.5. The van der Waals surface area contributed by atoms with E-state index in [1.807, 2.05) is 6.07 Å². The van der Waals surface area contributed by atoms with Crippen LogP contribution in [-0.2, 0) is 0 Å². The number of nitrogens with zero attached hydrogens (tertiary/aromatic N) is 1. The van der Waals surface area contributed by atoms with Gasteiger partial charge in [0.05, 0.1) is 16.6 Å². The van der Waals surface area contributed by atoms with Crippen molar-refractivity contribution in [3.63, 3.8) is 0 Å². The fourth-order valence-corrected chi connectivity index (χ4v) is 12.8. The van der Waals surface area contributed by atoms with E-state index in [0.29, 0.717) is 0 Å². The summed E-state index contributed by atoms with van der Waals surface area (Å²) in [5, 5.41) is 13.0. The summed E-state index contributed by atoms with van der Waals surface area (Å²) in [5.41, 5.74) is 5.55. The lowest BCUT2D eigenvalue weighted by Gasteiger charge is -2.34. The first-order valence-corrected chi connectivity index (χ1v) is 17.5. The molecule has 0 fully saturated rings. The van der Waals surface area contributed by atoms with Crippen LogP contribution < -0.4 is 20.7 Å².